The number of hydrogen-bond acceptors (Lipinski definition) is 5. The van der Waals surface area contributed by atoms with Gasteiger partial charge in [0, 0.05) is 20.2 Å². The SMILES string of the molecule is CC(C)CCCOCC(O)CNC1CC(=O)N(C)C1=O. The van der Waals surface area contributed by atoms with Crippen molar-refractivity contribution < 1.29 is 19.4 Å². The third-order valence-corrected chi connectivity index (χ3v) is 3.36. The Morgan fingerprint density at radius 3 is 2.70 bits per heavy atom. The predicted octanol–water partition coefficient (Wildman–Crippen LogP) is 0.147. The van der Waals surface area contributed by atoms with Gasteiger partial charge in [0.1, 0.15) is 0 Å². The van der Waals surface area contributed by atoms with Gasteiger partial charge in [-0.15, -0.1) is 0 Å². The number of nitrogens with one attached hydrogen (secondary N) is 1. The Kier molecular flexibility index (Phi) is 7.12. The van der Waals surface area contributed by atoms with Crippen molar-refractivity contribution >= 4 is 11.8 Å². The van der Waals surface area contributed by atoms with Crippen molar-refractivity contribution in [2.24, 2.45) is 5.92 Å². The third kappa shape index (κ3) is 5.56. The van der Waals surface area contributed by atoms with Crippen LogP contribution >= 0.6 is 0 Å². The van der Waals surface area contributed by atoms with Crippen LogP contribution in [0.25, 0.3) is 0 Å². The zero-order chi connectivity index (χ0) is 15.1. The highest BCUT2D eigenvalue weighted by Gasteiger charge is 2.35. The Morgan fingerprint density at radius 1 is 1.45 bits per heavy atom. The van der Waals surface area contributed by atoms with Crippen molar-refractivity contribution in [3.63, 3.8) is 0 Å². The van der Waals surface area contributed by atoms with E-state index in [-0.39, 0.29) is 31.4 Å². The molecule has 1 heterocycles. The minimum atomic E-state index is -0.664. The molecule has 0 spiro atoms. The van der Waals surface area contributed by atoms with Gasteiger partial charge >= 0.3 is 0 Å². The van der Waals surface area contributed by atoms with Crippen LogP contribution in [0.2, 0.25) is 0 Å². The Balaban J connectivity index is 2.10. The number of nitrogens with zero attached hydrogens (tertiary/aromatic N) is 1. The topological polar surface area (TPSA) is 78.9 Å². The third-order valence-electron chi connectivity index (χ3n) is 3.36. The summed E-state index contributed by atoms with van der Waals surface area (Å²) in [6.07, 6.45) is 1.59. The lowest BCUT2D eigenvalue weighted by atomic mass is 10.1. The van der Waals surface area contributed by atoms with Crippen LogP contribution in [-0.2, 0) is 14.3 Å². The summed E-state index contributed by atoms with van der Waals surface area (Å²) < 4.78 is 5.38. The summed E-state index contributed by atoms with van der Waals surface area (Å²) in [5.41, 5.74) is 0. The second-order valence-corrected chi connectivity index (χ2v) is 5.72. The zero-order valence-electron chi connectivity index (χ0n) is 12.6. The van der Waals surface area contributed by atoms with Gasteiger partial charge in [0.05, 0.1) is 25.2 Å². The lowest BCUT2D eigenvalue weighted by Gasteiger charge is -2.15. The van der Waals surface area contributed by atoms with Crippen LogP contribution in [0.3, 0.4) is 0 Å². The van der Waals surface area contributed by atoms with Gasteiger partial charge in [-0.2, -0.15) is 0 Å². The van der Waals surface area contributed by atoms with Crippen LogP contribution in [0.4, 0.5) is 0 Å². The summed E-state index contributed by atoms with van der Waals surface area (Å²) >= 11 is 0. The molecule has 0 aromatic rings. The van der Waals surface area contributed by atoms with Crippen LogP contribution in [0.15, 0.2) is 0 Å². The average molecular weight is 286 g/mol. The smallest absolute Gasteiger partial charge is 0.246 e. The second-order valence-electron chi connectivity index (χ2n) is 5.72. The molecule has 1 rings (SSSR count). The molecule has 0 aliphatic carbocycles. The number of hydrogen-bond donors (Lipinski definition) is 2. The second kappa shape index (κ2) is 8.34. The van der Waals surface area contributed by atoms with Gasteiger partial charge in [-0.05, 0) is 18.8 Å². The highest BCUT2D eigenvalue weighted by Crippen LogP contribution is 2.10. The van der Waals surface area contributed by atoms with Gasteiger partial charge in [0.2, 0.25) is 11.8 Å². The van der Waals surface area contributed by atoms with Crippen molar-refractivity contribution in [1.82, 2.24) is 10.2 Å². The number of carbonyl (C=O) groups excluding carboxylic acids is 2. The maximum Gasteiger partial charge on any atom is 0.246 e. The molecule has 2 amide bonds. The Labute approximate surface area is 120 Å². The van der Waals surface area contributed by atoms with Crippen molar-refractivity contribution in [2.45, 2.75) is 45.3 Å². The number of carbonyl (C=O) groups is 2. The normalized spacial score (nSPS) is 21.1. The molecule has 1 aliphatic heterocycles. The molecule has 0 radical (unpaired) electrons. The quantitative estimate of drug-likeness (QED) is 0.466. The van der Waals surface area contributed by atoms with Gasteiger partial charge in [0.15, 0.2) is 0 Å². The zero-order valence-corrected chi connectivity index (χ0v) is 12.6. The van der Waals surface area contributed by atoms with Crippen LogP contribution in [0.5, 0.6) is 0 Å². The molecule has 2 N–H and O–H groups in total. The fourth-order valence-electron chi connectivity index (χ4n) is 2.07. The molecule has 1 aliphatic rings. The van der Waals surface area contributed by atoms with Gasteiger partial charge in [-0.25, -0.2) is 0 Å². The summed E-state index contributed by atoms with van der Waals surface area (Å²) in [7, 11) is 1.47. The number of likely N-dealkylation sites (N-methyl/N-ethyl adjacent to an activating group) is 1. The highest BCUT2D eigenvalue weighted by molar-refractivity contribution is 6.05. The largest absolute Gasteiger partial charge is 0.389 e. The van der Waals surface area contributed by atoms with E-state index in [0.717, 1.165) is 17.7 Å². The molecule has 0 aromatic carbocycles. The standard InChI is InChI=1S/C14H26N2O4/c1-10(2)5-4-6-20-9-11(17)8-15-12-7-13(18)16(3)14(12)19/h10-12,15,17H,4-9H2,1-3H3. The molecule has 2 unspecified atom stereocenters. The Bertz CT molecular complexity index is 333. The number of aliphatic hydroxyl groups is 1. The fourth-order valence-corrected chi connectivity index (χ4v) is 2.07. The fraction of sp³-hybridized carbons (Fsp3) is 0.857. The predicted molar refractivity (Wildman–Crippen MR) is 75.1 cm³/mol. The van der Waals surface area contributed by atoms with Crippen LogP contribution in [-0.4, -0.2) is 60.8 Å². The van der Waals surface area contributed by atoms with Gasteiger partial charge in [-0.3, -0.25) is 14.5 Å². The highest BCUT2D eigenvalue weighted by atomic mass is 16.5. The molecule has 1 fully saturated rings. The van der Waals surface area contributed by atoms with Crippen LogP contribution in [0, 0.1) is 5.92 Å². The minimum Gasteiger partial charge on any atom is -0.389 e. The lowest BCUT2D eigenvalue weighted by Crippen LogP contribution is -2.41. The summed E-state index contributed by atoms with van der Waals surface area (Å²) in [5, 5.41) is 12.6. The van der Waals surface area contributed by atoms with Gasteiger partial charge < -0.3 is 15.2 Å². The molecule has 6 nitrogen and oxygen atoms in total. The van der Waals surface area contributed by atoms with E-state index >= 15 is 0 Å². The van der Waals surface area contributed by atoms with E-state index in [1.165, 1.54) is 7.05 Å². The van der Waals surface area contributed by atoms with Crippen molar-refractivity contribution in [3.8, 4) is 0 Å². The van der Waals surface area contributed by atoms with Gasteiger partial charge in [0.25, 0.3) is 0 Å². The molecule has 0 aromatic heterocycles. The van der Waals surface area contributed by atoms with Gasteiger partial charge in [-0.1, -0.05) is 13.8 Å². The van der Waals surface area contributed by atoms with Crippen LogP contribution < -0.4 is 5.32 Å². The van der Waals surface area contributed by atoms with E-state index in [9.17, 15) is 14.7 Å². The van der Waals surface area contributed by atoms with E-state index in [4.69, 9.17) is 4.74 Å². The van der Waals surface area contributed by atoms with Crippen molar-refractivity contribution in [3.05, 3.63) is 0 Å². The van der Waals surface area contributed by atoms with Crippen molar-refractivity contribution in [2.75, 3.05) is 26.8 Å². The number of amides is 2. The first-order valence-corrected chi connectivity index (χ1v) is 7.21. The maximum absolute atomic E-state index is 11.6. The number of ether oxygens (including phenoxy) is 1. The average Bonchev–Trinajstić information content (AvgIpc) is 2.63. The van der Waals surface area contributed by atoms with E-state index in [2.05, 4.69) is 19.2 Å². The van der Waals surface area contributed by atoms with Crippen LogP contribution in [0.1, 0.15) is 33.1 Å². The molecule has 116 valence electrons. The maximum atomic E-state index is 11.6. The molecule has 2 atom stereocenters. The molecular weight excluding hydrogens is 260 g/mol. The van der Waals surface area contributed by atoms with E-state index in [1.807, 2.05) is 0 Å². The molecule has 1 saturated heterocycles. The summed E-state index contributed by atoms with van der Waals surface area (Å²) in [4.78, 5) is 24.1. The molecule has 0 bridgehead atoms. The number of imide groups is 1. The van der Waals surface area contributed by atoms with Crippen molar-refractivity contribution in [1.29, 1.82) is 0 Å². The van der Waals surface area contributed by atoms with E-state index in [1.54, 1.807) is 0 Å². The molecule has 6 heteroatoms. The Morgan fingerprint density at radius 2 is 2.15 bits per heavy atom. The summed E-state index contributed by atoms with van der Waals surface area (Å²) in [6, 6.07) is -0.511. The first-order chi connectivity index (χ1) is 9.41. The Hall–Kier alpha value is -0.980. The first kappa shape index (κ1) is 17.1. The number of likely N-dealkylation sites (tertiary alicyclic amines) is 1. The number of aliphatic hydroxyl groups excluding tert-OH is 1. The molecular formula is C14H26N2O4. The summed E-state index contributed by atoms with van der Waals surface area (Å²) in [5.74, 6) is 0.236. The van der Waals surface area contributed by atoms with E-state index in [0.29, 0.717) is 12.5 Å². The molecule has 20 heavy (non-hydrogen) atoms. The summed E-state index contributed by atoms with van der Waals surface area (Å²) in [6.45, 7) is 5.46. The molecule has 0 saturated carbocycles. The monoisotopic (exact) mass is 286 g/mol. The minimum absolute atomic E-state index is 0.164. The first-order valence-electron chi connectivity index (χ1n) is 7.21. The lowest BCUT2D eigenvalue weighted by molar-refractivity contribution is -0.137. The van der Waals surface area contributed by atoms with E-state index < -0.39 is 12.1 Å². The number of rotatable bonds is 9.